The minimum atomic E-state index is -2.92. The van der Waals surface area contributed by atoms with Crippen molar-refractivity contribution in [3.63, 3.8) is 0 Å². The molecule has 116 valence electrons. The number of carbonyl (C=O) groups is 1. The second-order valence-electron chi connectivity index (χ2n) is 5.97. The Morgan fingerprint density at radius 1 is 1.25 bits per heavy atom. The molecule has 2 saturated heterocycles. The zero-order valence-electron chi connectivity index (χ0n) is 12.3. The van der Waals surface area contributed by atoms with E-state index in [2.05, 4.69) is 5.32 Å². The monoisotopic (exact) mass is 302 g/mol. The summed E-state index contributed by atoms with van der Waals surface area (Å²) in [6, 6.07) is -0.0921. The largest absolute Gasteiger partial charge is 0.339 e. The van der Waals surface area contributed by atoms with E-state index >= 15 is 0 Å². The number of amides is 1. The van der Waals surface area contributed by atoms with Gasteiger partial charge in [-0.05, 0) is 51.6 Å². The van der Waals surface area contributed by atoms with Gasteiger partial charge in [-0.25, -0.2) is 8.42 Å². The molecule has 2 aliphatic rings. The van der Waals surface area contributed by atoms with Crippen molar-refractivity contribution in [2.45, 2.75) is 45.1 Å². The van der Waals surface area contributed by atoms with E-state index in [-0.39, 0.29) is 23.5 Å². The number of nitrogens with zero attached hydrogens (tertiary/aromatic N) is 1. The molecule has 0 aromatic carbocycles. The van der Waals surface area contributed by atoms with E-state index in [4.69, 9.17) is 0 Å². The summed E-state index contributed by atoms with van der Waals surface area (Å²) in [5.41, 5.74) is 0. The van der Waals surface area contributed by atoms with Gasteiger partial charge < -0.3 is 10.2 Å². The van der Waals surface area contributed by atoms with Gasteiger partial charge in [-0.2, -0.15) is 0 Å². The maximum Gasteiger partial charge on any atom is 0.222 e. The van der Waals surface area contributed by atoms with Crippen LogP contribution in [0.1, 0.15) is 39.0 Å². The molecule has 1 atom stereocenters. The average molecular weight is 302 g/mol. The van der Waals surface area contributed by atoms with Crippen LogP contribution >= 0.6 is 0 Å². The predicted molar refractivity (Wildman–Crippen MR) is 79.3 cm³/mol. The molecule has 1 amide bonds. The summed E-state index contributed by atoms with van der Waals surface area (Å²) in [7, 11) is -2.92. The first-order chi connectivity index (χ1) is 9.52. The highest BCUT2D eigenvalue weighted by molar-refractivity contribution is 7.91. The van der Waals surface area contributed by atoms with Crippen LogP contribution in [0, 0.1) is 5.92 Å². The predicted octanol–water partition coefficient (Wildman–Crippen LogP) is 0.802. The van der Waals surface area contributed by atoms with Crippen molar-refractivity contribution in [3.8, 4) is 0 Å². The summed E-state index contributed by atoms with van der Waals surface area (Å²) in [4.78, 5) is 14.1. The molecule has 0 bridgehead atoms. The van der Waals surface area contributed by atoms with Crippen molar-refractivity contribution >= 4 is 15.7 Å². The van der Waals surface area contributed by atoms with Gasteiger partial charge in [-0.15, -0.1) is 0 Å². The Morgan fingerprint density at radius 2 is 1.95 bits per heavy atom. The van der Waals surface area contributed by atoms with E-state index in [1.54, 1.807) is 4.90 Å². The van der Waals surface area contributed by atoms with Crippen molar-refractivity contribution in [1.82, 2.24) is 10.2 Å². The molecule has 0 aliphatic carbocycles. The maximum absolute atomic E-state index is 12.3. The van der Waals surface area contributed by atoms with Gasteiger partial charge in [0.25, 0.3) is 0 Å². The molecule has 0 aromatic rings. The lowest BCUT2D eigenvalue weighted by atomic mass is 9.93. The Morgan fingerprint density at radius 3 is 2.50 bits per heavy atom. The van der Waals surface area contributed by atoms with Crippen LogP contribution in [0.5, 0.6) is 0 Å². The second kappa shape index (κ2) is 6.89. The number of rotatable bonds is 5. The van der Waals surface area contributed by atoms with E-state index in [0.29, 0.717) is 25.3 Å². The highest BCUT2D eigenvalue weighted by Gasteiger charge is 2.33. The fraction of sp³-hybridized carbons (Fsp3) is 0.929. The van der Waals surface area contributed by atoms with Crippen LogP contribution in [0.15, 0.2) is 0 Å². The van der Waals surface area contributed by atoms with Gasteiger partial charge in [0.2, 0.25) is 5.91 Å². The molecule has 2 fully saturated rings. The Labute approximate surface area is 122 Å². The van der Waals surface area contributed by atoms with E-state index in [1.807, 2.05) is 6.92 Å². The van der Waals surface area contributed by atoms with Gasteiger partial charge in [0.1, 0.15) is 0 Å². The lowest BCUT2D eigenvalue weighted by Gasteiger charge is -2.28. The average Bonchev–Trinajstić information content (AvgIpc) is 2.78. The SMILES string of the molecule is CCN(C(=O)CCC1CCNCC1)C1CCS(=O)(=O)C1. The van der Waals surface area contributed by atoms with Crippen LogP contribution in [-0.2, 0) is 14.6 Å². The number of hydrogen-bond donors (Lipinski definition) is 1. The molecule has 0 radical (unpaired) electrons. The summed E-state index contributed by atoms with van der Waals surface area (Å²) >= 11 is 0. The Hall–Kier alpha value is -0.620. The number of sulfone groups is 1. The summed E-state index contributed by atoms with van der Waals surface area (Å²) < 4.78 is 23.1. The third-order valence-corrected chi connectivity index (χ3v) is 6.29. The summed E-state index contributed by atoms with van der Waals surface area (Å²) in [6.45, 7) is 4.66. The molecule has 2 heterocycles. The van der Waals surface area contributed by atoms with E-state index in [0.717, 1.165) is 32.4 Å². The molecule has 1 unspecified atom stereocenters. The van der Waals surface area contributed by atoms with Gasteiger partial charge in [0, 0.05) is 19.0 Å². The fourth-order valence-corrected chi connectivity index (χ4v) is 5.03. The van der Waals surface area contributed by atoms with Crippen molar-refractivity contribution < 1.29 is 13.2 Å². The summed E-state index contributed by atoms with van der Waals surface area (Å²) in [6.07, 6.45) is 4.41. The molecular weight excluding hydrogens is 276 g/mol. The highest BCUT2D eigenvalue weighted by atomic mass is 32.2. The number of hydrogen-bond acceptors (Lipinski definition) is 4. The van der Waals surface area contributed by atoms with Gasteiger partial charge in [-0.1, -0.05) is 0 Å². The molecule has 6 heteroatoms. The van der Waals surface area contributed by atoms with Crippen molar-refractivity contribution in [2.75, 3.05) is 31.1 Å². The van der Waals surface area contributed by atoms with Crippen LogP contribution < -0.4 is 5.32 Å². The lowest BCUT2D eigenvalue weighted by Crippen LogP contribution is -2.41. The summed E-state index contributed by atoms with van der Waals surface area (Å²) in [5, 5.41) is 3.33. The highest BCUT2D eigenvalue weighted by Crippen LogP contribution is 2.22. The summed E-state index contributed by atoms with van der Waals surface area (Å²) in [5.74, 6) is 1.16. The van der Waals surface area contributed by atoms with E-state index in [1.165, 1.54) is 0 Å². The molecule has 1 N–H and O–H groups in total. The normalized spacial score (nSPS) is 26.6. The van der Waals surface area contributed by atoms with Crippen LogP contribution in [0.4, 0.5) is 0 Å². The lowest BCUT2D eigenvalue weighted by molar-refractivity contribution is -0.133. The maximum atomic E-state index is 12.3. The standard InChI is InChI=1S/C14H26N2O3S/c1-2-16(13-7-10-20(18,19)11-13)14(17)4-3-12-5-8-15-9-6-12/h12-13,15H,2-11H2,1H3. The first-order valence-corrected chi connectivity index (χ1v) is 9.54. The quantitative estimate of drug-likeness (QED) is 0.816. The molecule has 5 nitrogen and oxygen atoms in total. The van der Waals surface area contributed by atoms with Gasteiger partial charge in [-0.3, -0.25) is 4.79 Å². The first-order valence-electron chi connectivity index (χ1n) is 7.72. The molecule has 0 saturated carbocycles. The van der Waals surface area contributed by atoms with Crippen LogP contribution in [0.25, 0.3) is 0 Å². The van der Waals surface area contributed by atoms with Crippen molar-refractivity contribution in [2.24, 2.45) is 5.92 Å². The number of piperidine rings is 1. The Balaban J connectivity index is 1.82. The minimum absolute atomic E-state index is 0.0921. The molecule has 2 aliphatic heterocycles. The molecule has 20 heavy (non-hydrogen) atoms. The minimum Gasteiger partial charge on any atom is -0.339 e. The van der Waals surface area contributed by atoms with E-state index < -0.39 is 9.84 Å². The second-order valence-corrected chi connectivity index (χ2v) is 8.20. The third-order valence-electron chi connectivity index (χ3n) is 4.54. The van der Waals surface area contributed by atoms with Gasteiger partial charge in [0.15, 0.2) is 9.84 Å². The number of carbonyl (C=O) groups excluding carboxylic acids is 1. The zero-order valence-corrected chi connectivity index (χ0v) is 13.1. The Bertz CT molecular complexity index is 430. The topological polar surface area (TPSA) is 66.5 Å². The van der Waals surface area contributed by atoms with Gasteiger partial charge in [0.05, 0.1) is 11.5 Å². The zero-order chi connectivity index (χ0) is 14.6. The number of nitrogens with one attached hydrogen (secondary N) is 1. The first kappa shape index (κ1) is 15.8. The fourth-order valence-electron chi connectivity index (χ4n) is 3.30. The van der Waals surface area contributed by atoms with E-state index in [9.17, 15) is 13.2 Å². The molecule has 2 rings (SSSR count). The van der Waals surface area contributed by atoms with Crippen LogP contribution in [0.2, 0.25) is 0 Å². The van der Waals surface area contributed by atoms with Crippen molar-refractivity contribution in [1.29, 1.82) is 0 Å². The molecule has 0 aromatic heterocycles. The molecular formula is C14H26N2O3S. The van der Waals surface area contributed by atoms with Crippen LogP contribution in [-0.4, -0.2) is 56.4 Å². The van der Waals surface area contributed by atoms with Gasteiger partial charge >= 0.3 is 0 Å². The smallest absolute Gasteiger partial charge is 0.222 e. The Kier molecular flexibility index (Phi) is 5.43. The van der Waals surface area contributed by atoms with Crippen molar-refractivity contribution in [3.05, 3.63) is 0 Å². The third kappa shape index (κ3) is 4.19. The molecule has 0 spiro atoms. The van der Waals surface area contributed by atoms with Crippen LogP contribution in [0.3, 0.4) is 0 Å².